The minimum Gasteiger partial charge on any atom is -0.387 e. The van der Waals surface area contributed by atoms with Crippen molar-refractivity contribution < 1.29 is 13.9 Å². The lowest BCUT2D eigenvalue weighted by molar-refractivity contribution is 0.148. The van der Waals surface area contributed by atoms with Crippen LogP contribution in [0.15, 0.2) is 18.2 Å². The van der Waals surface area contributed by atoms with Crippen LogP contribution in [0, 0.1) is 17.6 Å². The molecule has 1 aromatic rings. The van der Waals surface area contributed by atoms with E-state index in [2.05, 4.69) is 19.2 Å². The van der Waals surface area contributed by atoms with Crippen LogP contribution in [0.4, 0.5) is 8.78 Å². The topological polar surface area (TPSA) is 32.3 Å². The number of hydrogen-bond acceptors (Lipinski definition) is 2. The van der Waals surface area contributed by atoms with Crippen LogP contribution in [0.3, 0.4) is 0 Å². The molecular formula is C14H19F2NO. The van der Waals surface area contributed by atoms with Crippen LogP contribution in [0.5, 0.6) is 0 Å². The van der Waals surface area contributed by atoms with Gasteiger partial charge in [0.1, 0.15) is 11.6 Å². The van der Waals surface area contributed by atoms with E-state index in [1.165, 1.54) is 18.9 Å². The van der Waals surface area contributed by atoms with Crippen LogP contribution in [0.1, 0.15) is 38.4 Å². The molecule has 1 aliphatic rings. The van der Waals surface area contributed by atoms with E-state index in [4.69, 9.17) is 0 Å². The molecule has 1 saturated carbocycles. The molecule has 1 atom stereocenters. The Morgan fingerprint density at radius 2 is 1.89 bits per heavy atom. The van der Waals surface area contributed by atoms with E-state index in [1.54, 1.807) is 0 Å². The summed E-state index contributed by atoms with van der Waals surface area (Å²) in [5.74, 6) is -0.808. The zero-order chi connectivity index (χ0) is 13.3. The van der Waals surface area contributed by atoms with Crippen molar-refractivity contribution in [3.8, 4) is 0 Å². The van der Waals surface area contributed by atoms with Crippen molar-refractivity contribution >= 4 is 0 Å². The second kappa shape index (κ2) is 4.94. The average molecular weight is 255 g/mol. The second-order valence-electron chi connectivity index (χ2n) is 5.53. The van der Waals surface area contributed by atoms with Crippen LogP contribution < -0.4 is 5.32 Å². The van der Waals surface area contributed by atoms with E-state index >= 15 is 0 Å². The summed E-state index contributed by atoms with van der Waals surface area (Å²) < 4.78 is 26.9. The SMILES string of the molecule is CC(C)(NCC(O)c1c(F)cccc1F)C1CC1. The van der Waals surface area contributed by atoms with Gasteiger partial charge in [-0.3, -0.25) is 0 Å². The first kappa shape index (κ1) is 13.4. The molecule has 0 aliphatic heterocycles. The van der Waals surface area contributed by atoms with E-state index in [9.17, 15) is 13.9 Å². The first-order valence-corrected chi connectivity index (χ1v) is 6.29. The zero-order valence-corrected chi connectivity index (χ0v) is 10.7. The monoisotopic (exact) mass is 255 g/mol. The number of rotatable bonds is 5. The standard InChI is InChI=1S/C14H19F2NO/c1-14(2,9-6-7-9)17-8-12(18)13-10(15)4-3-5-11(13)16/h3-5,9,12,17-18H,6-8H2,1-2H3. The van der Waals surface area contributed by atoms with Gasteiger partial charge in [-0.05, 0) is 44.7 Å². The van der Waals surface area contributed by atoms with E-state index in [0.29, 0.717) is 5.92 Å². The lowest BCUT2D eigenvalue weighted by Gasteiger charge is -2.28. The van der Waals surface area contributed by atoms with E-state index < -0.39 is 17.7 Å². The predicted molar refractivity (Wildman–Crippen MR) is 66.1 cm³/mol. The van der Waals surface area contributed by atoms with Crippen LogP contribution >= 0.6 is 0 Å². The maximum absolute atomic E-state index is 13.5. The summed E-state index contributed by atoms with van der Waals surface area (Å²) >= 11 is 0. The molecule has 100 valence electrons. The van der Waals surface area contributed by atoms with E-state index in [0.717, 1.165) is 12.1 Å². The number of β-amino-alcohol motifs (C(OH)–C–C–N with tert-alkyl or cyclic N) is 1. The highest BCUT2D eigenvalue weighted by Gasteiger charge is 2.37. The first-order chi connectivity index (χ1) is 8.42. The van der Waals surface area contributed by atoms with Crippen LogP contribution in [0.25, 0.3) is 0 Å². The van der Waals surface area contributed by atoms with Gasteiger partial charge in [-0.25, -0.2) is 8.78 Å². The molecular weight excluding hydrogens is 236 g/mol. The van der Waals surface area contributed by atoms with Crippen LogP contribution in [-0.2, 0) is 0 Å². The van der Waals surface area contributed by atoms with Crippen molar-refractivity contribution in [1.82, 2.24) is 5.32 Å². The van der Waals surface area contributed by atoms with Gasteiger partial charge in [0.2, 0.25) is 0 Å². The normalized spacial score (nSPS) is 17.8. The summed E-state index contributed by atoms with van der Waals surface area (Å²) in [4.78, 5) is 0. The molecule has 0 heterocycles. The number of nitrogens with one attached hydrogen (secondary N) is 1. The van der Waals surface area contributed by atoms with Gasteiger partial charge < -0.3 is 10.4 Å². The Labute approximate surface area is 106 Å². The predicted octanol–water partition coefficient (Wildman–Crippen LogP) is 2.78. The number of aliphatic hydroxyl groups is 1. The maximum Gasteiger partial charge on any atom is 0.131 e. The maximum atomic E-state index is 13.5. The van der Waals surface area contributed by atoms with Crippen LogP contribution in [0.2, 0.25) is 0 Å². The van der Waals surface area contributed by atoms with E-state index in [-0.39, 0.29) is 17.6 Å². The van der Waals surface area contributed by atoms with Crippen molar-refractivity contribution in [3.05, 3.63) is 35.4 Å². The molecule has 0 radical (unpaired) electrons. The molecule has 0 amide bonds. The average Bonchev–Trinajstić information content (AvgIpc) is 3.10. The third-order valence-corrected chi connectivity index (χ3v) is 3.68. The molecule has 2 N–H and O–H groups in total. The molecule has 0 aromatic heterocycles. The minimum absolute atomic E-state index is 0.0945. The number of benzene rings is 1. The molecule has 18 heavy (non-hydrogen) atoms. The fraction of sp³-hybridized carbons (Fsp3) is 0.571. The molecule has 1 unspecified atom stereocenters. The van der Waals surface area contributed by atoms with Gasteiger partial charge in [-0.2, -0.15) is 0 Å². The van der Waals surface area contributed by atoms with Gasteiger partial charge in [0.25, 0.3) is 0 Å². The molecule has 2 nitrogen and oxygen atoms in total. The third kappa shape index (κ3) is 2.87. The smallest absolute Gasteiger partial charge is 0.131 e. The van der Waals surface area contributed by atoms with Crippen molar-refractivity contribution in [3.63, 3.8) is 0 Å². The first-order valence-electron chi connectivity index (χ1n) is 6.29. The summed E-state index contributed by atoms with van der Waals surface area (Å²) in [5, 5.41) is 13.1. The lowest BCUT2D eigenvalue weighted by Crippen LogP contribution is -2.43. The highest BCUT2D eigenvalue weighted by molar-refractivity contribution is 5.22. The molecule has 0 bridgehead atoms. The van der Waals surface area contributed by atoms with Gasteiger partial charge in [0, 0.05) is 12.1 Å². The number of hydrogen-bond donors (Lipinski definition) is 2. The highest BCUT2D eigenvalue weighted by atomic mass is 19.1. The molecule has 2 rings (SSSR count). The fourth-order valence-electron chi connectivity index (χ4n) is 2.24. The molecule has 0 saturated heterocycles. The Balaban J connectivity index is 2.01. The fourth-order valence-corrected chi connectivity index (χ4v) is 2.24. The highest BCUT2D eigenvalue weighted by Crippen LogP contribution is 2.39. The summed E-state index contributed by atoms with van der Waals surface area (Å²) in [6.07, 6.45) is 1.18. The van der Waals surface area contributed by atoms with Gasteiger partial charge in [0.05, 0.1) is 11.7 Å². The van der Waals surface area contributed by atoms with E-state index in [1.807, 2.05) is 0 Å². The number of halogens is 2. The van der Waals surface area contributed by atoms with Crippen molar-refractivity contribution in [2.75, 3.05) is 6.54 Å². The van der Waals surface area contributed by atoms with Gasteiger partial charge >= 0.3 is 0 Å². The Hall–Kier alpha value is -1.00. The summed E-state index contributed by atoms with van der Waals surface area (Å²) in [7, 11) is 0. The molecule has 1 fully saturated rings. The minimum atomic E-state index is -1.16. The lowest BCUT2D eigenvalue weighted by atomic mass is 9.98. The Morgan fingerprint density at radius 1 is 1.33 bits per heavy atom. The van der Waals surface area contributed by atoms with Crippen molar-refractivity contribution in [2.24, 2.45) is 5.92 Å². The van der Waals surface area contributed by atoms with Gasteiger partial charge in [0.15, 0.2) is 0 Å². The van der Waals surface area contributed by atoms with Crippen molar-refractivity contribution in [2.45, 2.75) is 38.3 Å². The molecule has 1 aliphatic carbocycles. The molecule has 4 heteroatoms. The third-order valence-electron chi connectivity index (χ3n) is 3.68. The Morgan fingerprint density at radius 3 is 2.39 bits per heavy atom. The second-order valence-corrected chi connectivity index (χ2v) is 5.53. The van der Waals surface area contributed by atoms with Gasteiger partial charge in [-0.15, -0.1) is 0 Å². The van der Waals surface area contributed by atoms with Gasteiger partial charge in [-0.1, -0.05) is 6.07 Å². The Bertz CT molecular complexity index is 410. The van der Waals surface area contributed by atoms with Crippen LogP contribution in [-0.4, -0.2) is 17.2 Å². The largest absolute Gasteiger partial charge is 0.387 e. The number of aliphatic hydroxyl groups excluding tert-OH is 1. The zero-order valence-electron chi connectivity index (χ0n) is 10.7. The molecule has 0 spiro atoms. The molecule has 1 aromatic carbocycles. The summed E-state index contributed by atoms with van der Waals surface area (Å²) in [5.41, 5.74) is -0.348. The quantitative estimate of drug-likeness (QED) is 0.848. The summed E-state index contributed by atoms with van der Waals surface area (Å²) in [6.45, 7) is 4.26. The summed E-state index contributed by atoms with van der Waals surface area (Å²) in [6, 6.07) is 3.61. The Kier molecular flexibility index (Phi) is 3.69. The van der Waals surface area contributed by atoms with Crippen molar-refractivity contribution in [1.29, 1.82) is 0 Å².